The van der Waals surface area contributed by atoms with Crippen LogP contribution in [0, 0.1) is 5.92 Å². The summed E-state index contributed by atoms with van der Waals surface area (Å²) in [5, 5.41) is 4.14. The number of aromatic nitrogens is 1. The van der Waals surface area contributed by atoms with Gasteiger partial charge >= 0.3 is 0 Å². The lowest BCUT2D eigenvalue weighted by Crippen LogP contribution is -2.46. The second kappa shape index (κ2) is 10.2. The molecule has 1 aromatic heterocycles. The Bertz CT molecular complexity index is 586. The fraction of sp³-hybridized carbons (Fsp3) is 0.737. The highest BCUT2D eigenvalue weighted by Crippen LogP contribution is 2.14. The summed E-state index contributed by atoms with van der Waals surface area (Å²) in [6.45, 7) is 12.8. The van der Waals surface area contributed by atoms with Crippen LogP contribution in [0.2, 0.25) is 5.02 Å². The molecule has 1 saturated heterocycles. The predicted octanol–water partition coefficient (Wildman–Crippen LogP) is 2.43. The molecule has 1 atom stereocenters. The molecule has 1 aliphatic heterocycles. The van der Waals surface area contributed by atoms with Crippen LogP contribution in [-0.4, -0.2) is 72.8 Å². The van der Waals surface area contributed by atoms with Crippen molar-refractivity contribution in [2.45, 2.75) is 33.4 Å². The first kappa shape index (κ1) is 21.1. The molecule has 0 radical (unpaired) electrons. The van der Waals surface area contributed by atoms with Crippen LogP contribution >= 0.6 is 11.6 Å². The Labute approximate surface area is 163 Å². The van der Waals surface area contributed by atoms with Crippen molar-refractivity contribution in [3.63, 3.8) is 0 Å². The van der Waals surface area contributed by atoms with E-state index in [-0.39, 0.29) is 6.10 Å². The zero-order valence-electron chi connectivity index (χ0n) is 16.8. The van der Waals surface area contributed by atoms with Gasteiger partial charge in [-0.1, -0.05) is 25.4 Å². The first-order valence-electron chi connectivity index (χ1n) is 9.53. The molecule has 2 rings (SSSR count). The second-order valence-corrected chi connectivity index (χ2v) is 7.89. The number of hydrogen-bond acceptors (Lipinski definition) is 3. The van der Waals surface area contributed by atoms with Crippen molar-refractivity contribution in [1.82, 2.24) is 19.7 Å². The first-order chi connectivity index (χ1) is 12.4. The van der Waals surface area contributed by atoms with Crippen LogP contribution in [0.15, 0.2) is 17.3 Å². The molecular formula is C19H34ClN5O. The molecule has 1 unspecified atom stereocenters. The summed E-state index contributed by atoms with van der Waals surface area (Å²) >= 11 is 6.10. The van der Waals surface area contributed by atoms with Crippen molar-refractivity contribution in [3.8, 4) is 0 Å². The average molecular weight is 384 g/mol. The third-order valence-electron chi connectivity index (χ3n) is 4.46. The van der Waals surface area contributed by atoms with Gasteiger partial charge in [0.25, 0.3) is 0 Å². The molecule has 2 heterocycles. The number of halogens is 1. The van der Waals surface area contributed by atoms with Gasteiger partial charge in [-0.3, -0.25) is 9.89 Å². The molecule has 0 bridgehead atoms. The van der Waals surface area contributed by atoms with E-state index in [9.17, 15) is 0 Å². The number of hydrogen-bond donors (Lipinski definition) is 1. The molecule has 6 nitrogen and oxygen atoms in total. The molecular weight excluding hydrogens is 350 g/mol. The Morgan fingerprint density at radius 3 is 2.88 bits per heavy atom. The molecule has 1 aromatic rings. The van der Waals surface area contributed by atoms with E-state index in [1.807, 2.05) is 19.3 Å². The van der Waals surface area contributed by atoms with Crippen molar-refractivity contribution in [2.24, 2.45) is 18.0 Å². The minimum absolute atomic E-state index is 0.161. The van der Waals surface area contributed by atoms with Gasteiger partial charge < -0.3 is 19.5 Å². The third-order valence-corrected chi connectivity index (χ3v) is 4.67. The van der Waals surface area contributed by atoms with E-state index in [1.54, 1.807) is 0 Å². The SMILES string of the molecule is CCNC(=NCC1CN(CC(C)C)CCO1)N(C)Cc1cc(Cl)cn1C. The molecule has 1 N–H and O–H groups in total. The molecule has 148 valence electrons. The quantitative estimate of drug-likeness (QED) is 0.580. The maximum Gasteiger partial charge on any atom is 0.194 e. The highest BCUT2D eigenvalue weighted by molar-refractivity contribution is 6.30. The number of ether oxygens (including phenoxy) is 1. The molecule has 0 aliphatic carbocycles. The zero-order chi connectivity index (χ0) is 19.1. The van der Waals surface area contributed by atoms with Gasteiger partial charge in [0, 0.05) is 52.2 Å². The fourth-order valence-corrected chi connectivity index (χ4v) is 3.54. The van der Waals surface area contributed by atoms with E-state index < -0.39 is 0 Å². The molecule has 7 heteroatoms. The lowest BCUT2D eigenvalue weighted by atomic mass is 10.2. The maximum atomic E-state index is 6.10. The summed E-state index contributed by atoms with van der Waals surface area (Å²) in [6.07, 6.45) is 2.09. The lowest BCUT2D eigenvalue weighted by Gasteiger charge is -2.33. The Hall–Kier alpha value is -1.24. The number of rotatable bonds is 7. The molecule has 0 aromatic carbocycles. The highest BCUT2D eigenvalue weighted by Gasteiger charge is 2.21. The smallest absolute Gasteiger partial charge is 0.194 e. The van der Waals surface area contributed by atoms with Crippen molar-refractivity contribution in [3.05, 3.63) is 23.0 Å². The van der Waals surface area contributed by atoms with E-state index in [1.165, 1.54) is 0 Å². The molecule has 0 saturated carbocycles. The maximum absolute atomic E-state index is 6.10. The van der Waals surface area contributed by atoms with Gasteiger partial charge in [0.15, 0.2) is 5.96 Å². The van der Waals surface area contributed by atoms with E-state index >= 15 is 0 Å². The van der Waals surface area contributed by atoms with Crippen LogP contribution in [0.25, 0.3) is 0 Å². The standard InChI is InChI=1S/C19H34ClN5O/c1-6-21-19(24(5)13-17-9-16(20)12-23(17)4)22-10-18-14-25(7-8-26-18)11-15(2)3/h9,12,15,18H,6-8,10-11,13-14H2,1-5H3,(H,21,22). The minimum Gasteiger partial charge on any atom is -0.374 e. The molecule has 0 amide bonds. The van der Waals surface area contributed by atoms with Crippen LogP contribution < -0.4 is 5.32 Å². The molecule has 1 fully saturated rings. The largest absolute Gasteiger partial charge is 0.374 e. The Morgan fingerprint density at radius 1 is 1.50 bits per heavy atom. The van der Waals surface area contributed by atoms with Crippen LogP contribution in [0.5, 0.6) is 0 Å². The number of morpholine rings is 1. The van der Waals surface area contributed by atoms with Crippen molar-refractivity contribution >= 4 is 17.6 Å². The topological polar surface area (TPSA) is 45.0 Å². The molecule has 1 aliphatic rings. The van der Waals surface area contributed by atoms with Crippen LogP contribution in [0.1, 0.15) is 26.5 Å². The summed E-state index contributed by atoms with van der Waals surface area (Å²) in [4.78, 5) is 9.43. The predicted molar refractivity (Wildman–Crippen MR) is 109 cm³/mol. The van der Waals surface area contributed by atoms with E-state index in [2.05, 4.69) is 47.5 Å². The number of nitrogens with zero attached hydrogens (tertiary/aromatic N) is 4. The summed E-state index contributed by atoms with van der Waals surface area (Å²) in [5.41, 5.74) is 1.15. The van der Waals surface area contributed by atoms with Crippen molar-refractivity contribution in [2.75, 3.05) is 46.4 Å². The first-order valence-corrected chi connectivity index (χ1v) is 9.91. The molecule has 0 spiro atoms. The van der Waals surface area contributed by atoms with Crippen LogP contribution in [-0.2, 0) is 18.3 Å². The lowest BCUT2D eigenvalue weighted by molar-refractivity contribution is -0.0262. The Kier molecular flexibility index (Phi) is 8.25. The van der Waals surface area contributed by atoms with E-state index in [4.69, 9.17) is 21.3 Å². The van der Waals surface area contributed by atoms with Crippen LogP contribution in [0.3, 0.4) is 0 Å². The monoisotopic (exact) mass is 383 g/mol. The summed E-state index contributed by atoms with van der Waals surface area (Å²) in [5.74, 6) is 1.58. The van der Waals surface area contributed by atoms with Gasteiger partial charge in [-0.25, -0.2) is 0 Å². The van der Waals surface area contributed by atoms with E-state index in [0.29, 0.717) is 12.5 Å². The number of guanidine groups is 1. The van der Waals surface area contributed by atoms with E-state index in [0.717, 1.165) is 56.0 Å². The number of nitrogens with one attached hydrogen (secondary N) is 1. The third kappa shape index (κ3) is 6.49. The van der Waals surface area contributed by atoms with Gasteiger partial charge in [-0.05, 0) is 18.9 Å². The van der Waals surface area contributed by atoms with Crippen molar-refractivity contribution < 1.29 is 4.74 Å². The van der Waals surface area contributed by atoms with Gasteiger partial charge in [0.1, 0.15) is 0 Å². The van der Waals surface area contributed by atoms with Gasteiger partial charge in [0.2, 0.25) is 0 Å². The Balaban J connectivity index is 1.95. The average Bonchev–Trinajstić information content (AvgIpc) is 2.88. The normalized spacial score (nSPS) is 19.2. The van der Waals surface area contributed by atoms with Crippen LogP contribution in [0.4, 0.5) is 0 Å². The fourth-order valence-electron chi connectivity index (χ4n) is 3.27. The molecule has 26 heavy (non-hydrogen) atoms. The van der Waals surface area contributed by atoms with Crippen molar-refractivity contribution in [1.29, 1.82) is 0 Å². The zero-order valence-corrected chi connectivity index (χ0v) is 17.6. The summed E-state index contributed by atoms with van der Waals surface area (Å²) < 4.78 is 7.97. The minimum atomic E-state index is 0.161. The highest BCUT2D eigenvalue weighted by atomic mass is 35.5. The summed E-state index contributed by atoms with van der Waals surface area (Å²) in [6, 6.07) is 2.00. The number of aliphatic imine (C=N–C) groups is 1. The summed E-state index contributed by atoms with van der Waals surface area (Å²) in [7, 11) is 4.06. The Morgan fingerprint density at radius 2 is 2.27 bits per heavy atom. The van der Waals surface area contributed by atoms with Gasteiger partial charge in [-0.15, -0.1) is 0 Å². The van der Waals surface area contributed by atoms with Gasteiger partial charge in [0.05, 0.1) is 30.8 Å². The van der Waals surface area contributed by atoms with Gasteiger partial charge in [-0.2, -0.15) is 0 Å². The number of aryl methyl sites for hydroxylation is 1. The second-order valence-electron chi connectivity index (χ2n) is 7.46.